The van der Waals surface area contributed by atoms with Crippen LogP contribution in [-0.4, -0.2) is 118 Å². The number of quaternary nitrogens is 1. The van der Waals surface area contributed by atoms with Gasteiger partial charge in [-0.1, -0.05) is 12.1 Å². The normalized spacial score (nSPS) is 11.1. The molecular weight excluding hydrogens is 468 g/mol. The second-order valence-electron chi connectivity index (χ2n) is 7.76. The first-order valence-corrected chi connectivity index (χ1v) is 10.8. The Bertz CT molecular complexity index is 871. The highest BCUT2D eigenvalue weighted by atomic mass is 32.1. The van der Waals surface area contributed by atoms with Gasteiger partial charge in [0.1, 0.15) is 0 Å². The van der Waals surface area contributed by atoms with Gasteiger partial charge in [0.2, 0.25) is 0 Å². The Hall–Kier alpha value is -3.22. The highest BCUT2D eigenvalue weighted by Crippen LogP contribution is 2.12. The van der Waals surface area contributed by atoms with Crippen LogP contribution >= 0.6 is 12.2 Å². The molecule has 0 aromatic heterocycles. The van der Waals surface area contributed by atoms with Gasteiger partial charge in [0.05, 0.1) is 37.0 Å². The van der Waals surface area contributed by atoms with E-state index in [1.165, 1.54) is 0 Å². The van der Waals surface area contributed by atoms with E-state index in [-0.39, 0.29) is 24.1 Å². The third-order valence-corrected chi connectivity index (χ3v) is 5.11. The monoisotopic (exact) mass is 497 g/mol. The number of aliphatic carboxylic acids is 4. The van der Waals surface area contributed by atoms with Gasteiger partial charge in [-0.05, 0) is 42.9 Å². The lowest BCUT2D eigenvalue weighted by molar-refractivity contribution is -0.912. The van der Waals surface area contributed by atoms with Crippen molar-refractivity contribution in [2.75, 3.05) is 58.9 Å². The summed E-state index contributed by atoms with van der Waals surface area (Å²) in [5.74, 6) is -4.88. The van der Waals surface area contributed by atoms with Gasteiger partial charge in [-0.3, -0.25) is 14.5 Å². The van der Waals surface area contributed by atoms with Crippen molar-refractivity contribution in [1.29, 1.82) is 0 Å². The lowest BCUT2D eigenvalue weighted by atomic mass is 10.1. The second kappa shape index (κ2) is 14.8. The number of nitrogens with one attached hydrogen (secondary N) is 1. The summed E-state index contributed by atoms with van der Waals surface area (Å²) < 4.78 is -0.363. The SMILES string of the molecule is O=C(O)CN(CC[N+](CCNCCc1ccc(N=C=S)cc1)(CC(=O)O)CC(=O)O)CC(=O)O. The lowest BCUT2D eigenvalue weighted by Gasteiger charge is -2.37. The van der Waals surface area contributed by atoms with E-state index in [1.807, 2.05) is 12.1 Å². The number of carbonyl (C=O) groups is 4. The maximum Gasteiger partial charge on any atom is 0.359 e. The molecule has 0 fully saturated rings. The number of carboxylic acid groups (broad SMARTS) is 4. The molecule has 0 bridgehead atoms. The predicted octanol–water partition coefficient (Wildman–Crippen LogP) is 0.0102. The van der Waals surface area contributed by atoms with E-state index < -0.39 is 50.1 Å². The molecule has 0 spiro atoms. The largest absolute Gasteiger partial charge is 0.480 e. The minimum absolute atomic E-state index is 0.0390. The van der Waals surface area contributed by atoms with Gasteiger partial charge in [-0.15, -0.1) is 0 Å². The van der Waals surface area contributed by atoms with Crippen LogP contribution in [0.15, 0.2) is 29.3 Å². The molecular formula is C21H29N4O8S+. The van der Waals surface area contributed by atoms with Crippen LogP contribution in [0.2, 0.25) is 0 Å². The Labute approximate surface area is 201 Å². The van der Waals surface area contributed by atoms with Crippen molar-refractivity contribution in [2.45, 2.75) is 6.42 Å². The molecule has 0 saturated carbocycles. The second-order valence-corrected chi connectivity index (χ2v) is 7.94. The van der Waals surface area contributed by atoms with Crippen LogP contribution in [0, 0.1) is 0 Å². The zero-order valence-corrected chi connectivity index (χ0v) is 19.4. The van der Waals surface area contributed by atoms with Crippen molar-refractivity contribution >= 4 is 46.9 Å². The van der Waals surface area contributed by atoms with Crippen molar-refractivity contribution in [2.24, 2.45) is 4.99 Å². The number of hydrogen-bond acceptors (Lipinski definition) is 8. The highest BCUT2D eigenvalue weighted by molar-refractivity contribution is 7.78. The Morgan fingerprint density at radius 2 is 1.44 bits per heavy atom. The summed E-state index contributed by atoms with van der Waals surface area (Å²) in [6.45, 7) is -1.22. The minimum atomic E-state index is -1.24. The average Bonchev–Trinajstić information content (AvgIpc) is 2.71. The Balaban J connectivity index is 2.78. The van der Waals surface area contributed by atoms with Gasteiger partial charge < -0.3 is 30.2 Å². The van der Waals surface area contributed by atoms with Crippen molar-refractivity contribution in [3.05, 3.63) is 29.8 Å². The Morgan fingerprint density at radius 1 is 0.882 bits per heavy atom. The summed E-state index contributed by atoms with van der Waals surface area (Å²) in [5, 5.41) is 42.2. The molecule has 12 nitrogen and oxygen atoms in total. The van der Waals surface area contributed by atoms with Crippen LogP contribution in [0.3, 0.4) is 0 Å². The number of isothiocyanates is 1. The molecule has 0 saturated heterocycles. The van der Waals surface area contributed by atoms with E-state index in [0.29, 0.717) is 25.2 Å². The molecule has 13 heteroatoms. The molecule has 1 aromatic rings. The van der Waals surface area contributed by atoms with Crippen molar-refractivity contribution < 1.29 is 44.1 Å². The zero-order valence-electron chi connectivity index (χ0n) is 18.6. The zero-order chi connectivity index (χ0) is 25.6. The van der Waals surface area contributed by atoms with Gasteiger partial charge in [0, 0.05) is 13.1 Å². The van der Waals surface area contributed by atoms with Crippen LogP contribution < -0.4 is 5.32 Å². The molecule has 186 valence electrons. The van der Waals surface area contributed by atoms with E-state index in [1.54, 1.807) is 12.1 Å². The topological polar surface area (TPSA) is 177 Å². The third kappa shape index (κ3) is 12.1. The number of rotatable bonds is 18. The molecule has 0 aliphatic heterocycles. The van der Waals surface area contributed by atoms with Crippen molar-refractivity contribution in [1.82, 2.24) is 10.2 Å². The molecule has 0 amide bonds. The fourth-order valence-electron chi connectivity index (χ4n) is 3.47. The Morgan fingerprint density at radius 3 is 1.91 bits per heavy atom. The summed E-state index contributed by atoms with van der Waals surface area (Å²) in [6, 6.07) is 7.39. The number of nitrogens with zero attached hydrogens (tertiary/aromatic N) is 3. The van der Waals surface area contributed by atoms with Crippen LogP contribution in [0.25, 0.3) is 0 Å². The molecule has 34 heavy (non-hydrogen) atoms. The van der Waals surface area contributed by atoms with Gasteiger partial charge >= 0.3 is 23.9 Å². The summed E-state index contributed by atoms with van der Waals surface area (Å²) in [7, 11) is 0. The smallest absolute Gasteiger partial charge is 0.359 e. The molecule has 0 unspecified atom stereocenters. The minimum Gasteiger partial charge on any atom is -0.480 e. The highest BCUT2D eigenvalue weighted by Gasteiger charge is 2.34. The number of benzene rings is 1. The first-order valence-electron chi connectivity index (χ1n) is 10.4. The Kier molecular flexibility index (Phi) is 12.6. The quantitative estimate of drug-likeness (QED) is 0.0799. The number of aliphatic imine (C=N–C) groups is 1. The van der Waals surface area contributed by atoms with Crippen molar-refractivity contribution in [3.8, 4) is 0 Å². The summed E-state index contributed by atoms with van der Waals surface area (Å²) in [4.78, 5) is 50.1. The third-order valence-electron chi connectivity index (χ3n) is 5.01. The van der Waals surface area contributed by atoms with E-state index in [2.05, 4.69) is 27.7 Å². The lowest BCUT2D eigenvalue weighted by Crippen LogP contribution is -2.59. The van der Waals surface area contributed by atoms with Gasteiger partial charge in [-0.2, -0.15) is 4.99 Å². The van der Waals surface area contributed by atoms with E-state index in [9.17, 15) is 29.4 Å². The molecule has 0 heterocycles. The van der Waals surface area contributed by atoms with Gasteiger partial charge in [-0.25, -0.2) is 9.59 Å². The predicted molar refractivity (Wildman–Crippen MR) is 124 cm³/mol. The molecule has 1 aromatic carbocycles. The maximum atomic E-state index is 11.5. The fourth-order valence-corrected chi connectivity index (χ4v) is 3.58. The van der Waals surface area contributed by atoms with E-state index in [4.69, 9.17) is 10.2 Å². The number of hydrogen-bond donors (Lipinski definition) is 5. The van der Waals surface area contributed by atoms with Gasteiger partial charge in [0.25, 0.3) is 0 Å². The summed E-state index contributed by atoms with van der Waals surface area (Å²) in [6.07, 6.45) is 0.671. The van der Waals surface area contributed by atoms with Crippen LogP contribution in [0.1, 0.15) is 5.56 Å². The first kappa shape index (κ1) is 28.8. The van der Waals surface area contributed by atoms with Crippen LogP contribution in [0.4, 0.5) is 5.69 Å². The van der Waals surface area contributed by atoms with E-state index in [0.717, 1.165) is 10.5 Å². The first-order chi connectivity index (χ1) is 16.0. The average molecular weight is 498 g/mol. The molecule has 5 N–H and O–H groups in total. The molecule has 0 atom stereocenters. The summed E-state index contributed by atoms with van der Waals surface area (Å²) in [5.41, 5.74) is 1.72. The van der Waals surface area contributed by atoms with Crippen molar-refractivity contribution in [3.63, 3.8) is 0 Å². The fraction of sp³-hybridized carbons (Fsp3) is 0.476. The van der Waals surface area contributed by atoms with E-state index >= 15 is 0 Å². The molecule has 0 radical (unpaired) electrons. The molecule has 1 rings (SSSR count). The van der Waals surface area contributed by atoms with Crippen LogP contribution in [0.5, 0.6) is 0 Å². The van der Waals surface area contributed by atoms with Gasteiger partial charge in [0.15, 0.2) is 13.1 Å². The summed E-state index contributed by atoms with van der Waals surface area (Å²) >= 11 is 4.56. The maximum absolute atomic E-state index is 11.5. The van der Waals surface area contributed by atoms with Crippen LogP contribution in [-0.2, 0) is 25.6 Å². The standard InChI is InChI=1S/C21H28N4O8S/c26-18(27)11-24(12-19(28)29)8-10-25(13-20(30)31,14-21(32)33)9-7-22-6-5-16-1-3-17(4-2-16)23-15-34/h1-4,22H,5-14H2,(H3-,26,27,28,29,30,31,32,33)/p+1. The number of carboxylic acids is 4. The number of thiocarbonyl (C=S) groups is 1. The molecule has 0 aliphatic rings. The molecule has 0 aliphatic carbocycles.